The van der Waals surface area contributed by atoms with Crippen LogP contribution in [0.5, 0.6) is 0 Å². The van der Waals surface area contributed by atoms with Gasteiger partial charge in [0.15, 0.2) is 11.4 Å². The Balaban J connectivity index is 1.50. The first-order valence-corrected chi connectivity index (χ1v) is 15.5. The Labute approximate surface area is 245 Å². The lowest BCUT2D eigenvalue weighted by atomic mass is 9.45. The first-order valence-electron chi connectivity index (χ1n) is 13.7. The molecule has 11 heteroatoms. The van der Waals surface area contributed by atoms with Gasteiger partial charge in [-0.1, -0.05) is 43.2 Å². The number of hydrogen-bond acceptors (Lipinski definition) is 9. The van der Waals surface area contributed by atoms with Crippen LogP contribution in [0.15, 0.2) is 53.0 Å². The predicted octanol–water partition coefficient (Wildman–Crippen LogP) is 4.43. The van der Waals surface area contributed by atoms with Crippen molar-refractivity contribution < 1.29 is 41.6 Å². The molecule has 0 amide bonds. The van der Waals surface area contributed by atoms with Gasteiger partial charge in [0.05, 0.1) is 23.0 Å². The fraction of sp³-hybridized carbons (Fsp3) is 0.567. The summed E-state index contributed by atoms with van der Waals surface area (Å²) in [7, 11) is -3.16. The highest BCUT2D eigenvalue weighted by Gasteiger charge is 2.74. The maximum absolute atomic E-state index is 14.0. The van der Waals surface area contributed by atoms with Crippen molar-refractivity contribution in [2.24, 2.45) is 22.7 Å². The molecule has 3 fully saturated rings. The molecular weight excluding hydrogens is 572 g/mol. The molecule has 0 heterocycles. The number of aryl methyl sites for hydroxylation is 1. The number of carbonyl (C=O) groups excluding carboxylic acids is 3. The van der Waals surface area contributed by atoms with Crippen LogP contribution in [-0.4, -0.2) is 61.5 Å². The normalized spacial score (nSPS) is 37.9. The number of rotatable bonds is 6. The van der Waals surface area contributed by atoms with Crippen molar-refractivity contribution >= 4 is 39.4 Å². The molecule has 0 saturated heterocycles. The van der Waals surface area contributed by atoms with Crippen LogP contribution >= 0.6 is 11.6 Å². The van der Waals surface area contributed by atoms with Gasteiger partial charge in [-0.25, -0.2) is 4.79 Å². The fourth-order valence-corrected chi connectivity index (χ4v) is 9.48. The van der Waals surface area contributed by atoms with E-state index in [9.17, 15) is 27.9 Å². The second kappa shape index (κ2) is 10.0. The Morgan fingerprint density at radius 2 is 1.80 bits per heavy atom. The average Bonchev–Trinajstić information content (AvgIpc) is 3.21. The number of carbonyl (C=O) groups is 3. The molecule has 4 aliphatic carbocycles. The molecule has 222 valence electrons. The van der Waals surface area contributed by atoms with Gasteiger partial charge in [0.1, 0.15) is 6.61 Å². The highest BCUT2D eigenvalue weighted by molar-refractivity contribution is 7.86. The second-order valence-corrected chi connectivity index (χ2v) is 14.4. The summed E-state index contributed by atoms with van der Waals surface area (Å²) in [4.78, 5) is 37.4. The molecule has 3 saturated carbocycles. The fourth-order valence-electron chi connectivity index (χ4n) is 8.09. The summed E-state index contributed by atoms with van der Waals surface area (Å²) >= 11 is 7.45. The van der Waals surface area contributed by atoms with Gasteiger partial charge in [0, 0.05) is 10.8 Å². The molecule has 7 atom stereocenters. The van der Waals surface area contributed by atoms with Crippen LogP contribution in [0.3, 0.4) is 0 Å². The zero-order valence-electron chi connectivity index (χ0n) is 23.5. The van der Waals surface area contributed by atoms with E-state index in [1.165, 1.54) is 18.2 Å². The number of methoxy groups -OCH3 is 1. The third kappa shape index (κ3) is 4.32. The van der Waals surface area contributed by atoms with Crippen molar-refractivity contribution in [2.45, 2.75) is 74.3 Å². The van der Waals surface area contributed by atoms with E-state index >= 15 is 0 Å². The second-order valence-electron chi connectivity index (χ2n) is 12.1. The number of fused-ring (bicyclic) bond motifs is 5. The van der Waals surface area contributed by atoms with E-state index in [0.717, 1.165) is 18.2 Å². The minimum atomic E-state index is -4.28. The van der Waals surface area contributed by atoms with Crippen molar-refractivity contribution in [3.8, 4) is 0 Å². The number of aliphatic hydroxyl groups excluding tert-OH is 1. The van der Waals surface area contributed by atoms with Crippen LogP contribution in [0.1, 0.15) is 51.5 Å². The molecule has 0 bridgehead atoms. The monoisotopic (exact) mass is 606 g/mol. The van der Waals surface area contributed by atoms with Crippen molar-refractivity contribution in [3.63, 3.8) is 0 Å². The zero-order valence-corrected chi connectivity index (χ0v) is 25.1. The van der Waals surface area contributed by atoms with Crippen molar-refractivity contribution in [1.29, 1.82) is 0 Å². The van der Waals surface area contributed by atoms with Crippen LogP contribution in [0.2, 0.25) is 0 Å². The van der Waals surface area contributed by atoms with Crippen molar-refractivity contribution in [3.05, 3.63) is 53.6 Å². The number of hydrogen-bond donors (Lipinski definition) is 1. The highest BCUT2D eigenvalue weighted by atomic mass is 35.5. The summed E-state index contributed by atoms with van der Waals surface area (Å²) in [5.74, 6) is -1.42. The molecule has 1 unspecified atom stereocenters. The first kappa shape index (κ1) is 29.9. The molecule has 1 N–H and O–H groups in total. The third-order valence-corrected chi connectivity index (χ3v) is 12.5. The third-order valence-electron chi connectivity index (χ3n) is 10.3. The van der Waals surface area contributed by atoms with Crippen LogP contribution in [0, 0.1) is 29.6 Å². The number of alkyl halides is 1. The lowest BCUT2D eigenvalue weighted by molar-refractivity contribution is -0.178. The topological polar surface area (TPSA) is 133 Å². The van der Waals surface area contributed by atoms with Crippen LogP contribution in [-0.2, 0) is 33.4 Å². The summed E-state index contributed by atoms with van der Waals surface area (Å²) in [5, 5.41) is 11.8. The summed E-state index contributed by atoms with van der Waals surface area (Å²) in [6, 6.07) is 6.01. The van der Waals surface area contributed by atoms with Crippen molar-refractivity contribution in [2.75, 3.05) is 13.7 Å². The summed E-state index contributed by atoms with van der Waals surface area (Å²) in [6.07, 6.45) is 4.27. The van der Waals surface area contributed by atoms with Gasteiger partial charge >= 0.3 is 6.16 Å². The molecule has 0 aromatic heterocycles. The molecule has 41 heavy (non-hydrogen) atoms. The van der Waals surface area contributed by atoms with Gasteiger partial charge in [-0.2, -0.15) is 8.42 Å². The largest absolute Gasteiger partial charge is 0.509 e. The number of Topliss-reactive ketones (excluding diaryl/α,β-unsaturated/α-hetero) is 1. The number of ether oxygens (including phenoxy) is 2. The van der Waals surface area contributed by atoms with Crippen molar-refractivity contribution in [1.82, 2.24) is 0 Å². The smallest absolute Gasteiger partial charge is 0.438 e. The van der Waals surface area contributed by atoms with E-state index in [1.54, 1.807) is 31.2 Å². The molecule has 0 spiro atoms. The number of allylic oxidation sites excluding steroid dienone is 4. The van der Waals surface area contributed by atoms with E-state index in [1.807, 2.05) is 13.8 Å². The maximum Gasteiger partial charge on any atom is 0.509 e. The Kier molecular flexibility index (Phi) is 7.33. The van der Waals surface area contributed by atoms with E-state index in [4.69, 9.17) is 25.3 Å². The first-order chi connectivity index (χ1) is 19.1. The molecule has 4 aliphatic rings. The molecular formula is C30H35ClO9S. The van der Waals surface area contributed by atoms with E-state index in [0.29, 0.717) is 19.3 Å². The van der Waals surface area contributed by atoms with Gasteiger partial charge in [-0.15, -0.1) is 11.6 Å². The Morgan fingerprint density at radius 3 is 2.46 bits per heavy atom. The number of ketones is 2. The minimum Gasteiger partial charge on any atom is -0.438 e. The van der Waals surface area contributed by atoms with Gasteiger partial charge in [-0.05, 0) is 75.1 Å². The van der Waals surface area contributed by atoms with Gasteiger partial charge in [0.2, 0.25) is 5.78 Å². The lowest BCUT2D eigenvalue weighted by Gasteiger charge is -2.63. The Bertz CT molecular complexity index is 1450. The van der Waals surface area contributed by atoms with Crippen LogP contribution in [0.4, 0.5) is 4.79 Å². The molecule has 1 aromatic carbocycles. The molecule has 5 rings (SSSR count). The molecule has 0 radical (unpaired) electrons. The quantitative estimate of drug-likeness (QED) is 0.283. The highest BCUT2D eigenvalue weighted by Crippen LogP contribution is 2.71. The Hall–Kier alpha value is -2.53. The number of halogens is 1. The minimum absolute atomic E-state index is 0.00420. The summed E-state index contributed by atoms with van der Waals surface area (Å²) in [6.45, 7) is 4.66. The Morgan fingerprint density at radius 1 is 1.12 bits per heavy atom. The maximum atomic E-state index is 14.0. The van der Waals surface area contributed by atoms with E-state index in [2.05, 4.69) is 0 Å². The molecule has 1 aromatic rings. The standard InChI is InChI=1S/C30H35ClO9S/c1-18-5-8-21(9-6-18)41(36,37)39-17-25(34)29(40-26(35)38-4)14-12-22-23-10-7-19-15-20(32)11-13-27(19,2)30(23,31)24(33)16-28(22,29)3/h5-6,8-9,11,13,15,22-24,33H,7,10,12,14,16-17H2,1-4H3/t22-,23-,24?,27-,28-,29-,30-/m0/s1. The predicted molar refractivity (Wildman–Crippen MR) is 149 cm³/mol. The summed E-state index contributed by atoms with van der Waals surface area (Å²) < 4.78 is 41.5. The average molecular weight is 607 g/mol. The summed E-state index contributed by atoms with van der Waals surface area (Å²) in [5.41, 5.74) is -2.00. The van der Waals surface area contributed by atoms with Gasteiger partial charge in [-0.3, -0.25) is 13.8 Å². The lowest BCUT2D eigenvalue weighted by Crippen LogP contribution is -2.69. The van der Waals surface area contributed by atoms with Crippen LogP contribution in [0.25, 0.3) is 0 Å². The number of benzene rings is 1. The van der Waals surface area contributed by atoms with Gasteiger partial charge in [0.25, 0.3) is 10.1 Å². The zero-order chi connectivity index (χ0) is 30.0. The molecule has 0 aliphatic heterocycles. The number of aliphatic hydroxyl groups is 1. The van der Waals surface area contributed by atoms with E-state index in [-0.39, 0.29) is 35.4 Å². The van der Waals surface area contributed by atoms with Crippen LogP contribution < -0.4 is 0 Å². The van der Waals surface area contributed by atoms with E-state index < -0.39 is 56.1 Å². The van der Waals surface area contributed by atoms with Gasteiger partial charge < -0.3 is 14.6 Å². The SMILES string of the molecule is COC(=O)O[C@]1(C(=O)COS(=O)(=O)c2ccc(C)cc2)CC[C@H]2[C@@H]3CCC4=CC(=O)C=C[C@]4(C)[C@@]3(Cl)C(O)C[C@@]21C. The molecule has 9 nitrogen and oxygen atoms in total.